The number of fused-ring (bicyclic) bond motifs is 1. The molecule has 0 bridgehead atoms. The maximum absolute atomic E-state index is 13.5. The van der Waals surface area contributed by atoms with Gasteiger partial charge in [0.05, 0.1) is 19.3 Å². The van der Waals surface area contributed by atoms with Gasteiger partial charge in [-0.3, -0.25) is 9.69 Å². The monoisotopic (exact) mass is 489 g/mol. The molecule has 8 heteroatoms. The highest BCUT2D eigenvalue weighted by Crippen LogP contribution is 2.63. The van der Waals surface area contributed by atoms with E-state index >= 15 is 0 Å². The Bertz CT molecular complexity index is 1100. The lowest BCUT2D eigenvalue weighted by Crippen LogP contribution is -2.51. The maximum Gasteiger partial charge on any atom is 0.248 e. The molecule has 3 heterocycles. The highest BCUT2D eigenvalue weighted by molar-refractivity contribution is 6.32. The molecular formula is C26H30ClF2N3O2. The summed E-state index contributed by atoms with van der Waals surface area (Å²) >= 11 is 6.67. The average molecular weight is 490 g/mol. The number of nitrogens with zero attached hydrogens (tertiary/aromatic N) is 2. The number of piperidine rings is 1. The molecule has 1 spiro atoms. The topological polar surface area (TPSA) is 54.5 Å². The van der Waals surface area contributed by atoms with Gasteiger partial charge in [-0.25, -0.2) is 13.8 Å². The lowest BCUT2D eigenvalue weighted by atomic mass is 9.82. The second kappa shape index (κ2) is 8.38. The standard InChI is InChI=1S/C26H30ClF2N3O2/c27-22-10-18-13-30-23(31-24(33)21-12-25(21)3-5-26(28,29)6-4-25)11-17(18)9-20(22)16-1-7-32(8-2-16)19-14-34-15-19/h9-11,13,16,19,21H,1-8,12,14-15H2,(H,30,31,33)/t21-/m0/s1. The minimum absolute atomic E-state index is 0.0985. The van der Waals surface area contributed by atoms with Crippen molar-refractivity contribution in [3.05, 3.63) is 35.0 Å². The van der Waals surface area contributed by atoms with Crippen molar-refractivity contribution in [3.63, 3.8) is 0 Å². The SMILES string of the molecule is O=C(Nc1cc2cc(C3CCN(C4COC4)CC3)c(Cl)cc2cn1)[C@@H]1CC12CCC(F)(F)CC2. The first-order valence-corrected chi connectivity index (χ1v) is 12.8. The Kier molecular flexibility index (Phi) is 5.58. The van der Waals surface area contributed by atoms with Gasteiger partial charge in [-0.1, -0.05) is 11.6 Å². The number of hydrogen-bond donors (Lipinski definition) is 1. The van der Waals surface area contributed by atoms with Crippen LogP contribution in [0.2, 0.25) is 5.02 Å². The molecule has 1 atom stereocenters. The summed E-state index contributed by atoms with van der Waals surface area (Å²) in [5.41, 5.74) is 0.926. The fraction of sp³-hybridized carbons (Fsp3) is 0.615. The van der Waals surface area contributed by atoms with E-state index in [-0.39, 0.29) is 30.1 Å². The van der Waals surface area contributed by atoms with Crippen molar-refractivity contribution in [1.29, 1.82) is 0 Å². The third-order valence-corrected chi connectivity index (χ3v) is 9.01. The van der Waals surface area contributed by atoms with Crippen molar-refractivity contribution in [2.75, 3.05) is 31.6 Å². The molecule has 5 nitrogen and oxygen atoms in total. The van der Waals surface area contributed by atoms with Gasteiger partial charge in [0.2, 0.25) is 11.8 Å². The Hall–Kier alpha value is -1.83. The molecule has 182 valence electrons. The number of alkyl halides is 2. The number of carbonyl (C=O) groups is 1. The van der Waals surface area contributed by atoms with Gasteiger partial charge in [0, 0.05) is 35.4 Å². The number of rotatable bonds is 4. The lowest BCUT2D eigenvalue weighted by Gasteiger charge is -2.41. The van der Waals surface area contributed by atoms with E-state index in [1.807, 2.05) is 12.1 Å². The molecule has 4 fully saturated rings. The van der Waals surface area contributed by atoms with E-state index in [0.29, 0.717) is 37.0 Å². The minimum Gasteiger partial charge on any atom is -0.378 e. The van der Waals surface area contributed by atoms with E-state index in [2.05, 4.69) is 21.3 Å². The van der Waals surface area contributed by atoms with E-state index in [4.69, 9.17) is 16.3 Å². The number of aromatic nitrogens is 1. The molecule has 34 heavy (non-hydrogen) atoms. The quantitative estimate of drug-likeness (QED) is 0.605. The van der Waals surface area contributed by atoms with Crippen LogP contribution in [0.5, 0.6) is 0 Å². The predicted octanol–water partition coefficient (Wildman–Crippen LogP) is 5.62. The second-order valence-corrected chi connectivity index (χ2v) is 11.2. The van der Waals surface area contributed by atoms with Gasteiger partial charge < -0.3 is 10.1 Å². The molecule has 2 aromatic rings. The number of benzene rings is 1. The van der Waals surface area contributed by atoms with Gasteiger partial charge in [-0.15, -0.1) is 0 Å². The van der Waals surface area contributed by atoms with Crippen molar-refractivity contribution in [2.45, 2.75) is 62.8 Å². The number of nitrogens with one attached hydrogen (secondary N) is 1. The number of carbonyl (C=O) groups excluding carboxylic acids is 1. The van der Waals surface area contributed by atoms with Gasteiger partial charge in [0.15, 0.2) is 0 Å². The Morgan fingerprint density at radius 2 is 1.82 bits per heavy atom. The zero-order valence-corrected chi connectivity index (χ0v) is 19.9. The van der Waals surface area contributed by atoms with Gasteiger partial charge in [0.1, 0.15) is 5.82 Å². The third-order valence-electron chi connectivity index (χ3n) is 8.68. The summed E-state index contributed by atoms with van der Waals surface area (Å²) in [6.45, 7) is 3.80. The number of ether oxygens (including phenoxy) is 1. The molecular weight excluding hydrogens is 460 g/mol. The van der Waals surface area contributed by atoms with E-state index in [9.17, 15) is 13.6 Å². The summed E-state index contributed by atoms with van der Waals surface area (Å²) in [4.78, 5) is 19.8. The highest BCUT2D eigenvalue weighted by atomic mass is 35.5. The first-order chi connectivity index (χ1) is 16.3. The van der Waals surface area contributed by atoms with Crippen LogP contribution >= 0.6 is 11.6 Å². The van der Waals surface area contributed by atoms with Crippen LogP contribution in [0.25, 0.3) is 10.8 Å². The summed E-state index contributed by atoms with van der Waals surface area (Å²) in [5.74, 6) is -1.94. The Morgan fingerprint density at radius 1 is 1.09 bits per heavy atom. The first-order valence-electron chi connectivity index (χ1n) is 12.4. The average Bonchev–Trinajstić information content (AvgIpc) is 3.50. The summed E-state index contributed by atoms with van der Waals surface area (Å²) in [6, 6.07) is 6.58. The van der Waals surface area contributed by atoms with Crippen LogP contribution < -0.4 is 5.32 Å². The lowest BCUT2D eigenvalue weighted by molar-refractivity contribution is -0.119. The summed E-state index contributed by atoms with van der Waals surface area (Å²) in [5, 5.41) is 5.65. The molecule has 2 saturated heterocycles. The van der Waals surface area contributed by atoms with Crippen LogP contribution in [0.4, 0.5) is 14.6 Å². The van der Waals surface area contributed by atoms with Gasteiger partial charge in [-0.05, 0) is 85.7 Å². The van der Waals surface area contributed by atoms with Crippen LogP contribution in [-0.4, -0.2) is 54.1 Å². The van der Waals surface area contributed by atoms with Crippen LogP contribution in [0.1, 0.15) is 56.4 Å². The molecule has 2 aliphatic heterocycles. The number of pyridine rings is 1. The number of amides is 1. The van der Waals surface area contributed by atoms with Crippen molar-refractivity contribution in [1.82, 2.24) is 9.88 Å². The van der Waals surface area contributed by atoms with Crippen LogP contribution in [0, 0.1) is 11.3 Å². The first kappa shape index (κ1) is 22.6. The van der Waals surface area contributed by atoms with E-state index < -0.39 is 5.92 Å². The fourth-order valence-corrected chi connectivity index (χ4v) is 6.50. The van der Waals surface area contributed by atoms with Crippen molar-refractivity contribution in [3.8, 4) is 0 Å². The molecule has 1 amide bonds. The zero-order chi connectivity index (χ0) is 23.5. The molecule has 1 aromatic carbocycles. The van der Waals surface area contributed by atoms with Gasteiger partial charge in [0.25, 0.3) is 0 Å². The molecule has 1 N–H and O–H groups in total. The van der Waals surface area contributed by atoms with Crippen LogP contribution in [0.3, 0.4) is 0 Å². The van der Waals surface area contributed by atoms with E-state index in [1.54, 1.807) is 6.20 Å². The Labute approximate surface area is 203 Å². The number of anilines is 1. The highest BCUT2D eigenvalue weighted by Gasteiger charge is 2.60. The normalized spacial score (nSPS) is 27.0. The van der Waals surface area contributed by atoms with Gasteiger partial charge in [-0.2, -0.15) is 0 Å². The number of likely N-dealkylation sites (tertiary alicyclic amines) is 1. The Balaban J connectivity index is 1.14. The van der Waals surface area contributed by atoms with Crippen molar-refractivity contribution in [2.24, 2.45) is 11.3 Å². The third kappa shape index (κ3) is 4.20. The van der Waals surface area contributed by atoms with Crippen molar-refractivity contribution < 1.29 is 18.3 Å². The zero-order valence-electron chi connectivity index (χ0n) is 19.2. The molecule has 0 radical (unpaired) electrons. The van der Waals surface area contributed by atoms with E-state index in [1.165, 1.54) is 0 Å². The Morgan fingerprint density at radius 3 is 2.50 bits per heavy atom. The molecule has 1 aromatic heterocycles. The van der Waals surface area contributed by atoms with Gasteiger partial charge >= 0.3 is 0 Å². The molecule has 4 aliphatic rings. The molecule has 2 aliphatic carbocycles. The number of halogens is 3. The second-order valence-electron chi connectivity index (χ2n) is 10.8. The summed E-state index contributed by atoms with van der Waals surface area (Å²) in [6.07, 6.45) is 5.22. The van der Waals surface area contributed by atoms with E-state index in [0.717, 1.165) is 60.5 Å². The fourth-order valence-electron chi connectivity index (χ4n) is 6.17. The minimum atomic E-state index is -2.57. The maximum atomic E-state index is 13.5. The van der Waals surface area contributed by atoms with Crippen LogP contribution in [0.15, 0.2) is 24.4 Å². The number of hydrogen-bond acceptors (Lipinski definition) is 4. The molecule has 6 rings (SSSR count). The predicted molar refractivity (Wildman–Crippen MR) is 127 cm³/mol. The smallest absolute Gasteiger partial charge is 0.248 e. The van der Waals surface area contributed by atoms with Crippen molar-refractivity contribution >= 4 is 34.1 Å². The van der Waals surface area contributed by atoms with Crippen LogP contribution in [-0.2, 0) is 9.53 Å². The largest absolute Gasteiger partial charge is 0.378 e. The molecule has 0 unspecified atom stereocenters. The summed E-state index contributed by atoms with van der Waals surface area (Å²) < 4.78 is 32.4. The summed E-state index contributed by atoms with van der Waals surface area (Å²) in [7, 11) is 0. The molecule has 2 saturated carbocycles.